The molecule has 1 aliphatic heterocycles. The predicted octanol–water partition coefficient (Wildman–Crippen LogP) is 1.24. The largest absolute Gasteiger partial charge is 0.684 e. The van der Waals surface area contributed by atoms with Gasteiger partial charge < -0.3 is 16.2 Å². The van der Waals surface area contributed by atoms with Crippen molar-refractivity contribution < 1.29 is 49.2 Å². The molecule has 1 unspecified atom stereocenters. The third kappa shape index (κ3) is 2.49. The Labute approximate surface area is 120 Å². The number of aliphatic hydroxyl groups excluding tert-OH is 1. The van der Waals surface area contributed by atoms with Gasteiger partial charge in [0.25, 0.3) is 0 Å². The predicted molar refractivity (Wildman–Crippen MR) is 52.0 cm³/mol. The van der Waals surface area contributed by atoms with Gasteiger partial charge in [0.2, 0.25) is 0 Å². The van der Waals surface area contributed by atoms with E-state index in [9.17, 15) is 5.11 Å². The Morgan fingerprint density at radius 1 is 1.50 bits per heavy atom. The summed E-state index contributed by atoms with van der Waals surface area (Å²) in [4.78, 5) is 0. The molecule has 3 nitrogen and oxygen atoms in total. The van der Waals surface area contributed by atoms with Crippen LogP contribution < -0.4 is 5.73 Å². The summed E-state index contributed by atoms with van der Waals surface area (Å²) in [7, 11) is 0. The second-order valence-electron chi connectivity index (χ2n) is 3.27. The molecule has 1 aliphatic rings. The van der Waals surface area contributed by atoms with E-state index in [0.717, 1.165) is 24.2 Å². The molecule has 4 heteroatoms. The van der Waals surface area contributed by atoms with Gasteiger partial charge in [-0.05, 0) is 12.0 Å². The first-order chi connectivity index (χ1) is 6.31. The molecule has 0 fully saturated rings. The van der Waals surface area contributed by atoms with Gasteiger partial charge in [-0.2, -0.15) is 0 Å². The summed E-state index contributed by atoms with van der Waals surface area (Å²) in [5, 5.41) is 13.8. The topological polar surface area (TPSA) is 60.4 Å². The van der Waals surface area contributed by atoms with Crippen LogP contribution in [0.4, 0.5) is 5.69 Å². The first-order valence-corrected chi connectivity index (χ1v) is 4.49. The fourth-order valence-electron chi connectivity index (χ4n) is 1.60. The van der Waals surface area contributed by atoms with Crippen LogP contribution in [0.2, 0.25) is 0 Å². The molecule has 1 aromatic rings. The van der Waals surface area contributed by atoms with E-state index in [1.54, 1.807) is 0 Å². The zero-order chi connectivity index (χ0) is 9.26. The Balaban J connectivity index is 0.000000980. The molecular weight excluding hydrogens is 391 g/mol. The minimum Gasteiger partial charge on any atom is -0.684 e. The third-order valence-corrected chi connectivity index (χ3v) is 2.37. The molecule has 0 aliphatic carbocycles. The van der Waals surface area contributed by atoms with Crippen molar-refractivity contribution in [3.8, 4) is 0 Å². The van der Waals surface area contributed by atoms with Crippen molar-refractivity contribution in [3.05, 3.63) is 34.6 Å². The van der Waals surface area contributed by atoms with Gasteiger partial charge in [0.15, 0.2) is 0 Å². The summed E-state index contributed by atoms with van der Waals surface area (Å²) in [5.74, 6) is 0. The summed E-state index contributed by atoms with van der Waals surface area (Å²) in [6.07, 6.45) is 0.450. The molecule has 0 spiro atoms. The molecule has 14 heavy (non-hydrogen) atoms. The number of rotatable bonds is 2. The number of hydrogen-bond donors (Lipinski definition) is 2. The molecule has 1 heterocycles. The van der Waals surface area contributed by atoms with Gasteiger partial charge >= 0.3 is 0 Å². The van der Waals surface area contributed by atoms with E-state index in [1.807, 2.05) is 18.2 Å². The molecule has 0 amide bonds. The smallest absolute Gasteiger partial charge is 0.0912 e. The number of nitrogens with zero attached hydrogens (tertiary/aromatic N) is 1. The Morgan fingerprint density at radius 2 is 2.29 bits per heavy atom. The maximum atomic E-state index is 9.50. The number of hydrogen-bond acceptors (Lipinski definition) is 2. The summed E-state index contributed by atoms with van der Waals surface area (Å²) >= 11 is 0. The van der Waals surface area contributed by atoms with Gasteiger partial charge in [-0.1, -0.05) is 23.8 Å². The molecule has 0 aromatic heterocycles. The molecule has 0 saturated heterocycles. The van der Waals surface area contributed by atoms with Crippen LogP contribution in [0.1, 0.15) is 17.2 Å². The van der Waals surface area contributed by atoms with Crippen LogP contribution in [0.3, 0.4) is 0 Å². The van der Waals surface area contributed by atoms with Gasteiger partial charge in [0.1, 0.15) is 0 Å². The SMILES string of the molecule is NCC(O)c1ccc2c(c1)CC[N-]2.[Ac]. The van der Waals surface area contributed by atoms with Crippen LogP contribution in [0.25, 0.3) is 5.32 Å². The van der Waals surface area contributed by atoms with Crippen LogP contribution in [0.15, 0.2) is 18.2 Å². The summed E-state index contributed by atoms with van der Waals surface area (Å²) in [6, 6.07) is 5.85. The van der Waals surface area contributed by atoms with Crippen LogP contribution >= 0.6 is 0 Å². The zero-order valence-corrected chi connectivity index (χ0v) is 12.7. The van der Waals surface area contributed by atoms with Gasteiger partial charge in [0, 0.05) is 50.6 Å². The Kier molecular flexibility index (Phi) is 4.86. The monoisotopic (exact) mass is 404 g/mol. The first kappa shape index (κ1) is 12.5. The van der Waals surface area contributed by atoms with Gasteiger partial charge in [-0.15, -0.1) is 12.2 Å². The van der Waals surface area contributed by atoms with Crippen molar-refractivity contribution in [3.63, 3.8) is 0 Å². The molecule has 0 bridgehead atoms. The molecule has 73 valence electrons. The molecule has 0 saturated carbocycles. The van der Waals surface area contributed by atoms with Gasteiger partial charge in [0.05, 0.1) is 6.10 Å². The maximum absolute atomic E-state index is 9.50. The van der Waals surface area contributed by atoms with Crippen LogP contribution in [0, 0.1) is 44.1 Å². The number of benzene rings is 1. The molecule has 1 atom stereocenters. The third-order valence-electron chi connectivity index (χ3n) is 2.37. The van der Waals surface area contributed by atoms with E-state index < -0.39 is 6.10 Å². The van der Waals surface area contributed by atoms with Crippen molar-refractivity contribution in [1.82, 2.24) is 0 Å². The van der Waals surface area contributed by atoms with Crippen molar-refractivity contribution in [2.24, 2.45) is 5.73 Å². The van der Waals surface area contributed by atoms with E-state index in [0.29, 0.717) is 0 Å². The number of aliphatic hydroxyl groups is 1. The van der Waals surface area contributed by atoms with Gasteiger partial charge in [-0.25, -0.2) is 0 Å². The van der Waals surface area contributed by atoms with Crippen molar-refractivity contribution in [2.45, 2.75) is 12.5 Å². The number of fused-ring (bicyclic) bond motifs is 1. The van der Waals surface area contributed by atoms with Crippen molar-refractivity contribution in [2.75, 3.05) is 13.1 Å². The fraction of sp³-hybridized carbons (Fsp3) is 0.400. The fourth-order valence-corrected chi connectivity index (χ4v) is 1.60. The van der Waals surface area contributed by atoms with Crippen molar-refractivity contribution in [1.29, 1.82) is 0 Å². The van der Waals surface area contributed by atoms with Crippen LogP contribution in [-0.2, 0) is 6.42 Å². The van der Waals surface area contributed by atoms with Crippen LogP contribution in [-0.4, -0.2) is 18.2 Å². The maximum Gasteiger partial charge on any atom is 0.0912 e. The average Bonchev–Trinajstić information content (AvgIpc) is 2.63. The van der Waals surface area contributed by atoms with Gasteiger partial charge in [-0.3, -0.25) is 0 Å². The Morgan fingerprint density at radius 3 is 3.00 bits per heavy atom. The standard InChI is InChI=1S/C10H13N2O.Ac/c11-6-10(13)8-1-2-9-7(5-8)3-4-12-9;/h1-2,5,10,13H,3-4,6,11H2;/q-1;. The quantitative estimate of drug-likeness (QED) is 0.780. The minimum absolute atomic E-state index is 0. The molecule has 2 rings (SSSR count). The zero-order valence-electron chi connectivity index (χ0n) is 7.98. The van der Waals surface area contributed by atoms with E-state index in [-0.39, 0.29) is 50.6 Å². The second-order valence-corrected chi connectivity index (χ2v) is 3.27. The first-order valence-electron chi connectivity index (χ1n) is 4.49. The molecular formula is C10H13AcN2O-. The summed E-state index contributed by atoms with van der Waals surface area (Å²) in [5.41, 5.74) is 8.57. The Bertz CT molecular complexity index is 317. The minimum atomic E-state index is -0.536. The van der Waals surface area contributed by atoms with Crippen molar-refractivity contribution >= 4 is 5.69 Å². The molecule has 1 aromatic carbocycles. The molecule has 1 radical (unpaired) electrons. The summed E-state index contributed by atoms with van der Waals surface area (Å²) < 4.78 is 0. The van der Waals surface area contributed by atoms with Crippen LogP contribution in [0.5, 0.6) is 0 Å². The van der Waals surface area contributed by atoms with E-state index in [2.05, 4.69) is 5.32 Å². The van der Waals surface area contributed by atoms with E-state index in [4.69, 9.17) is 5.73 Å². The van der Waals surface area contributed by atoms with E-state index in [1.165, 1.54) is 5.56 Å². The molecule has 3 N–H and O–H groups in total. The second kappa shape index (κ2) is 5.46. The summed E-state index contributed by atoms with van der Waals surface area (Å²) in [6.45, 7) is 1.15. The Hall–Kier alpha value is 0.382. The number of nitrogens with two attached hydrogens (primary N) is 1. The average molecular weight is 404 g/mol. The normalized spacial score (nSPS) is 15.3. The van der Waals surface area contributed by atoms with E-state index >= 15 is 0 Å².